The second-order valence-electron chi connectivity index (χ2n) is 13.7. The molecule has 2 aliphatic heterocycles. The first-order valence-corrected chi connectivity index (χ1v) is 17.5. The lowest BCUT2D eigenvalue weighted by atomic mass is 9.85. The quantitative estimate of drug-likeness (QED) is 0.211. The van der Waals surface area contributed by atoms with E-state index in [1.165, 1.54) is 11.1 Å². The van der Waals surface area contributed by atoms with Crippen LogP contribution < -0.4 is 26.2 Å². The first-order chi connectivity index (χ1) is 23.3. The highest BCUT2D eigenvalue weighted by molar-refractivity contribution is 7.13. The molecule has 4 heterocycles. The average molecular weight is 727 g/mol. The molecule has 0 aliphatic carbocycles. The Hall–Kier alpha value is -4.11. The monoisotopic (exact) mass is 726 g/mol. The van der Waals surface area contributed by atoms with Crippen LogP contribution in [0.5, 0.6) is 0 Å². The summed E-state index contributed by atoms with van der Waals surface area (Å²) < 4.78 is 0. The number of aliphatic hydroxyl groups excluding tert-OH is 1. The second-order valence-corrected chi connectivity index (χ2v) is 14.6. The molecule has 4 amide bonds. The number of nitrogens with zero attached hydrogens (tertiary/aromatic N) is 4. The lowest BCUT2D eigenvalue weighted by molar-refractivity contribution is -0.144. The molecule has 15 heteroatoms. The number of halogens is 1. The molecule has 0 bridgehead atoms. The van der Waals surface area contributed by atoms with Crippen molar-refractivity contribution in [1.82, 2.24) is 36.1 Å². The van der Waals surface area contributed by atoms with Gasteiger partial charge >= 0.3 is 0 Å². The zero-order chi connectivity index (χ0) is 35.3. The predicted molar refractivity (Wildman–Crippen MR) is 195 cm³/mol. The van der Waals surface area contributed by atoms with Crippen molar-refractivity contribution in [3.8, 4) is 10.4 Å². The molecule has 50 heavy (non-hydrogen) atoms. The fourth-order valence-electron chi connectivity index (χ4n) is 6.09. The van der Waals surface area contributed by atoms with Gasteiger partial charge in [0.1, 0.15) is 17.9 Å². The average Bonchev–Trinajstić information content (AvgIpc) is 3.71. The molecule has 270 valence electrons. The number of anilines is 1. The SMILES string of the molecule is Cc1ncsc1-c1ccc([C@H](C)NC(=O)[C@@H]2C[C@@H](O)CN2C(=O)[C@@H](NC(=O)CNC(=O)c2ccc(N3CCNCC3)nc2)C(C)(C)C)cc1.Cl. The third-order valence-corrected chi connectivity index (χ3v) is 9.90. The van der Waals surface area contributed by atoms with Crippen molar-refractivity contribution in [3.05, 3.63) is 64.9 Å². The van der Waals surface area contributed by atoms with E-state index in [9.17, 15) is 24.3 Å². The standard InChI is InChI=1S/C35H46N8O5S.ClH/c1-21(23-6-8-24(9-7-23)30-22(2)39-20-49-30)40-33(47)27-16-26(44)19-43(27)34(48)31(35(3,4)5)41-29(45)18-38-32(46)25-10-11-28(37-17-25)42-14-12-36-13-15-42;/h6-11,17,20-21,26-27,31,36,44H,12-16,18-19H2,1-5H3,(H,38,46)(H,40,47)(H,41,45);1H/t21-,26+,27-,31+;/m0./s1. The van der Waals surface area contributed by atoms with Gasteiger partial charge in [0, 0.05) is 45.3 Å². The van der Waals surface area contributed by atoms with Crippen LogP contribution in [0.2, 0.25) is 0 Å². The van der Waals surface area contributed by atoms with Gasteiger partial charge in [-0.2, -0.15) is 0 Å². The summed E-state index contributed by atoms with van der Waals surface area (Å²) in [6.07, 6.45) is 0.672. The minimum Gasteiger partial charge on any atom is -0.391 e. The predicted octanol–water partition coefficient (Wildman–Crippen LogP) is 2.44. The Morgan fingerprint density at radius 3 is 2.34 bits per heavy atom. The molecule has 5 rings (SSSR count). The fraction of sp³-hybridized carbons (Fsp3) is 0.486. The van der Waals surface area contributed by atoms with E-state index < -0.39 is 41.3 Å². The highest BCUT2D eigenvalue weighted by atomic mass is 35.5. The highest BCUT2D eigenvalue weighted by Crippen LogP contribution is 2.29. The molecule has 2 fully saturated rings. The number of piperazine rings is 1. The molecule has 4 atom stereocenters. The Kier molecular flexibility index (Phi) is 12.9. The third-order valence-electron chi connectivity index (χ3n) is 8.92. The Morgan fingerprint density at radius 2 is 1.74 bits per heavy atom. The molecule has 2 aliphatic rings. The number of carbonyl (C=O) groups excluding carboxylic acids is 4. The van der Waals surface area contributed by atoms with Crippen molar-refractivity contribution in [1.29, 1.82) is 0 Å². The number of carbonyl (C=O) groups is 4. The number of aryl methyl sites for hydroxylation is 1. The normalized spacial score (nSPS) is 18.8. The van der Waals surface area contributed by atoms with Crippen molar-refractivity contribution >= 4 is 53.2 Å². The number of hydrogen-bond donors (Lipinski definition) is 5. The van der Waals surface area contributed by atoms with Gasteiger partial charge in [-0.05, 0) is 42.5 Å². The minimum atomic E-state index is -1.02. The third kappa shape index (κ3) is 9.36. The van der Waals surface area contributed by atoms with Gasteiger partial charge in [-0.25, -0.2) is 9.97 Å². The van der Waals surface area contributed by atoms with Gasteiger partial charge in [0.05, 0.1) is 40.3 Å². The molecule has 13 nitrogen and oxygen atoms in total. The molecule has 0 spiro atoms. The van der Waals surface area contributed by atoms with Crippen LogP contribution in [0.1, 0.15) is 61.8 Å². The molecule has 0 saturated carbocycles. The minimum absolute atomic E-state index is 0. The number of pyridine rings is 1. The molecule has 2 saturated heterocycles. The van der Waals surface area contributed by atoms with Crippen molar-refractivity contribution in [3.63, 3.8) is 0 Å². The van der Waals surface area contributed by atoms with E-state index in [1.807, 2.05) is 43.6 Å². The van der Waals surface area contributed by atoms with Crippen LogP contribution in [0.4, 0.5) is 5.82 Å². The molecule has 3 aromatic rings. The Morgan fingerprint density at radius 1 is 1.04 bits per heavy atom. The van der Waals surface area contributed by atoms with E-state index in [2.05, 4.69) is 36.1 Å². The van der Waals surface area contributed by atoms with Crippen molar-refractivity contribution < 1.29 is 24.3 Å². The van der Waals surface area contributed by atoms with Crippen LogP contribution in [-0.2, 0) is 14.4 Å². The first-order valence-electron chi connectivity index (χ1n) is 16.6. The maximum atomic E-state index is 14.0. The fourth-order valence-corrected chi connectivity index (χ4v) is 6.90. The molecular formula is C35H47ClN8O5S. The number of likely N-dealkylation sites (tertiary alicyclic amines) is 1. The lowest BCUT2D eigenvalue weighted by Crippen LogP contribution is -2.58. The summed E-state index contributed by atoms with van der Waals surface area (Å²) in [6, 6.07) is 9.06. The van der Waals surface area contributed by atoms with E-state index in [-0.39, 0.29) is 43.9 Å². The molecule has 0 radical (unpaired) electrons. The topological polar surface area (TPSA) is 169 Å². The second kappa shape index (κ2) is 16.7. The van der Waals surface area contributed by atoms with E-state index in [0.717, 1.165) is 53.7 Å². The van der Waals surface area contributed by atoms with Gasteiger partial charge in [0.15, 0.2) is 0 Å². The van der Waals surface area contributed by atoms with Gasteiger partial charge in [-0.3, -0.25) is 19.2 Å². The van der Waals surface area contributed by atoms with E-state index >= 15 is 0 Å². The first kappa shape index (κ1) is 38.7. The number of benzene rings is 1. The highest BCUT2D eigenvalue weighted by Gasteiger charge is 2.44. The number of β-amino-alcohol motifs (C(OH)–C–C–N with tert-alkyl or cyclic N) is 1. The number of aromatic nitrogens is 2. The summed E-state index contributed by atoms with van der Waals surface area (Å²) in [4.78, 5) is 66.6. The summed E-state index contributed by atoms with van der Waals surface area (Å²) in [7, 11) is 0. The van der Waals surface area contributed by atoms with Crippen molar-refractivity contribution in [2.24, 2.45) is 5.41 Å². The number of thiazole rings is 1. The van der Waals surface area contributed by atoms with Crippen LogP contribution in [0.15, 0.2) is 48.1 Å². The van der Waals surface area contributed by atoms with Crippen LogP contribution in [-0.4, -0.2) is 101 Å². The number of hydrogen-bond acceptors (Lipinski definition) is 10. The van der Waals surface area contributed by atoms with Crippen LogP contribution >= 0.6 is 23.7 Å². The summed E-state index contributed by atoms with van der Waals surface area (Å²) >= 11 is 1.57. The molecular weight excluding hydrogens is 680 g/mol. The van der Waals surface area contributed by atoms with Crippen LogP contribution in [0, 0.1) is 12.3 Å². The maximum absolute atomic E-state index is 14.0. The summed E-state index contributed by atoms with van der Waals surface area (Å²) in [5.41, 5.74) is 4.29. The summed E-state index contributed by atoms with van der Waals surface area (Å²) in [5, 5.41) is 22.2. The van der Waals surface area contributed by atoms with Gasteiger partial charge in [-0.15, -0.1) is 23.7 Å². The number of nitrogens with one attached hydrogen (secondary N) is 4. The molecule has 2 aromatic heterocycles. The zero-order valence-electron chi connectivity index (χ0n) is 29.1. The van der Waals surface area contributed by atoms with E-state index in [1.54, 1.807) is 44.2 Å². The molecule has 5 N–H and O–H groups in total. The van der Waals surface area contributed by atoms with E-state index in [0.29, 0.717) is 5.56 Å². The largest absolute Gasteiger partial charge is 0.391 e. The lowest BCUT2D eigenvalue weighted by Gasteiger charge is -2.35. The maximum Gasteiger partial charge on any atom is 0.253 e. The number of amides is 4. The van der Waals surface area contributed by atoms with Gasteiger partial charge in [0.25, 0.3) is 5.91 Å². The van der Waals surface area contributed by atoms with Crippen LogP contribution in [0.3, 0.4) is 0 Å². The zero-order valence-corrected chi connectivity index (χ0v) is 30.7. The number of rotatable bonds is 10. The smallest absolute Gasteiger partial charge is 0.253 e. The molecule has 0 unspecified atom stereocenters. The summed E-state index contributed by atoms with van der Waals surface area (Å²) in [6.45, 7) is 12.3. The number of aliphatic hydroxyl groups is 1. The Bertz CT molecular complexity index is 1640. The molecule has 1 aromatic carbocycles. The summed E-state index contributed by atoms with van der Waals surface area (Å²) in [5.74, 6) is -1.10. The van der Waals surface area contributed by atoms with Crippen molar-refractivity contribution in [2.75, 3.05) is 44.2 Å². The van der Waals surface area contributed by atoms with Crippen molar-refractivity contribution in [2.45, 2.75) is 65.3 Å². The van der Waals surface area contributed by atoms with Gasteiger partial charge < -0.3 is 36.2 Å². The van der Waals surface area contributed by atoms with Gasteiger partial charge in [0.2, 0.25) is 17.7 Å². The Labute approximate surface area is 303 Å². The van der Waals surface area contributed by atoms with Crippen LogP contribution in [0.25, 0.3) is 10.4 Å². The van der Waals surface area contributed by atoms with Gasteiger partial charge in [-0.1, -0.05) is 45.0 Å². The Balaban J connectivity index is 0.00000562. The van der Waals surface area contributed by atoms with E-state index in [4.69, 9.17) is 0 Å².